The van der Waals surface area contributed by atoms with Crippen molar-refractivity contribution in [3.8, 4) is 5.75 Å². The monoisotopic (exact) mass is 542 g/mol. The number of rotatable bonds is 1. The van der Waals surface area contributed by atoms with E-state index in [1.165, 1.54) is 11.8 Å². The number of benzene rings is 1. The van der Waals surface area contributed by atoms with Gasteiger partial charge in [-0.05, 0) is 80.7 Å². The molecule has 0 spiro atoms. The van der Waals surface area contributed by atoms with Gasteiger partial charge in [0.15, 0.2) is 5.17 Å². The van der Waals surface area contributed by atoms with Crippen LogP contribution < -0.4 is 0 Å². The molecule has 1 fully saturated rings. The van der Waals surface area contributed by atoms with Crippen molar-refractivity contribution in [2.24, 2.45) is 4.99 Å². The van der Waals surface area contributed by atoms with Gasteiger partial charge in [0, 0.05) is 13.1 Å². The molecule has 2 aliphatic heterocycles. The van der Waals surface area contributed by atoms with Crippen LogP contribution in [0.3, 0.4) is 0 Å². The maximum Gasteiger partial charge on any atom is 0.286 e. The van der Waals surface area contributed by atoms with Gasteiger partial charge in [0.1, 0.15) is 5.75 Å². The Hall–Kier alpha value is -0.330. The van der Waals surface area contributed by atoms with E-state index in [1.807, 2.05) is 18.2 Å². The first-order valence-corrected chi connectivity index (χ1v) is 9.55. The largest absolute Gasteiger partial charge is 0.506 e. The minimum absolute atomic E-state index is 0.204. The summed E-state index contributed by atoms with van der Waals surface area (Å²) in [5, 5.41) is 10.6. The molecule has 8 heteroatoms. The Morgan fingerprint density at radius 1 is 1.27 bits per heavy atom. The van der Waals surface area contributed by atoms with Crippen molar-refractivity contribution in [3.63, 3.8) is 0 Å². The van der Waals surface area contributed by atoms with Crippen LogP contribution in [0.5, 0.6) is 5.75 Å². The highest BCUT2D eigenvalue weighted by Gasteiger charge is 2.27. The van der Waals surface area contributed by atoms with Crippen LogP contribution in [0.1, 0.15) is 5.56 Å². The molecular weight excluding hydrogens is 530 g/mol. The number of hydrogen-bond donors (Lipinski definition) is 1. The Kier molecular flexibility index (Phi) is 5.30. The number of halogens is 2. The van der Waals surface area contributed by atoms with E-state index in [2.05, 4.69) is 55.1 Å². The molecule has 0 bridgehead atoms. The lowest BCUT2D eigenvalue weighted by Gasteiger charge is -2.27. The van der Waals surface area contributed by atoms with E-state index in [9.17, 15) is 9.90 Å². The first-order chi connectivity index (χ1) is 10.5. The number of amides is 1. The van der Waals surface area contributed by atoms with Crippen LogP contribution in [0.25, 0.3) is 6.08 Å². The number of carbonyl (C=O) groups is 1. The maximum atomic E-state index is 12.1. The zero-order valence-corrected chi connectivity index (χ0v) is 16.5. The maximum absolute atomic E-state index is 12.1. The van der Waals surface area contributed by atoms with Gasteiger partial charge in [0.2, 0.25) is 0 Å². The number of phenols is 1. The fourth-order valence-corrected chi connectivity index (χ4v) is 4.89. The second-order valence-corrected chi connectivity index (χ2v) is 8.08. The summed E-state index contributed by atoms with van der Waals surface area (Å²) in [4.78, 5) is 18.9. The van der Waals surface area contributed by atoms with Crippen LogP contribution in [0, 0.1) is 7.14 Å². The molecule has 3 rings (SSSR count). The van der Waals surface area contributed by atoms with Crippen LogP contribution in [0.4, 0.5) is 0 Å². The van der Waals surface area contributed by atoms with Gasteiger partial charge in [-0.2, -0.15) is 4.99 Å². The minimum Gasteiger partial charge on any atom is -0.506 e. The Balaban J connectivity index is 1.80. The number of aromatic hydroxyl groups is 1. The molecule has 0 atom stereocenters. The molecule has 0 aliphatic carbocycles. The zero-order chi connectivity index (χ0) is 15.7. The molecule has 1 aromatic carbocycles. The van der Waals surface area contributed by atoms with Gasteiger partial charge in [0.05, 0.1) is 25.3 Å². The first kappa shape index (κ1) is 16.5. The van der Waals surface area contributed by atoms with Crippen molar-refractivity contribution in [1.82, 2.24) is 4.90 Å². The molecular formula is C14H12I2N2O3S. The van der Waals surface area contributed by atoms with E-state index in [1.54, 1.807) is 0 Å². The molecule has 1 N–H and O–H groups in total. The van der Waals surface area contributed by atoms with Crippen LogP contribution in [-0.4, -0.2) is 47.4 Å². The standard InChI is InChI=1S/C14H12I2N2O3S/c15-9-5-8(6-10(16)12(9)19)7-11-13(20)17-14(22-11)18-1-3-21-4-2-18/h5-7,19H,1-4H2. The van der Waals surface area contributed by atoms with Crippen molar-refractivity contribution in [3.05, 3.63) is 29.7 Å². The average molecular weight is 542 g/mol. The second-order valence-electron chi connectivity index (χ2n) is 4.74. The molecule has 0 radical (unpaired) electrons. The number of morpholine rings is 1. The average Bonchev–Trinajstić information content (AvgIpc) is 2.87. The van der Waals surface area contributed by atoms with E-state index < -0.39 is 0 Å². The van der Waals surface area contributed by atoms with Crippen LogP contribution in [0.2, 0.25) is 0 Å². The highest BCUT2D eigenvalue weighted by molar-refractivity contribution is 14.1. The molecule has 22 heavy (non-hydrogen) atoms. The molecule has 2 heterocycles. The Labute approximate surface area is 159 Å². The number of ether oxygens (including phenoxy) is 1. The van der Waals surface area contributed by atoms with Crippen molar-refractivity contribution >= 4 is 74.1 Å². The summed E-state index contributed by atoms with van der Waals surface area (Å²) >= 11 is 5.56. The van der Waals surface area contributed by atoms with Gasteiger partial charge in [-0.15, -0.1) is 0 Å². The van der Waals surface area contributed by atoms with Crippen LogP contribution in [0.15, 0.2) is 22.0 Å². The number of phenolic OH excluding ortho intramolecular Hbond substituents is 1. The molecule has 1 saturated heterocycles. The highest BCUT2D eigenvalue weighted by atomic mass is 127. The molecule has 0 aromatic heterocycles. The smallest absolute Gasteiger partial charge is 0.286 e. The molecule has 0 unspecified atom stereocenters. The van der Waals surface area contributed by atoms with Gasteiger partial charge in [-0.1, -0.05) is 0 Å². The predicted molar refractivity (Wildman–Crippen MR) is 104 cm³/mol. The normalized spacial score (nSPS) is 20.6. The summed E-state index contributed by atoms with van der Waals surface area (Å²) in [5.41, 5.74) is 0.890. The fourth-order valence-electron chi connectivity index (χ4n) is 2.11. The Morgan fingerprint density at radius 3 is 2.55 bits per heavy atom. The molecule has 0 saturated carbocycles. The SMILES string of the molecule is O=C1N=C(N2CCOCC2)SC1=Cc1cc(I)c(O)c(I)c1. The number of aliphatic imine (C=N–C) groups is 1. The van der Waals surface area contributed by atoms with E-state index in [0.717, 1.165) is 31.0 Å². The van der Waals surface area contributed by atoms with Gasteiger partial charge in [0.25, 0.3) is 5.91 Å². The van der Waals surface area contributed by atoms with Gasteiger partial charge in [-0.3, -0.25) is 4.79 Å². The summed E-state index contributed by atoms with van der Waals surface area (Å²) in [7, 11) is 0. The third-order valence-electron chi connectivity index (χ3n) is 3.23. The number of carbonyl (C=O) groups excluding carboxylic acids is 1. The number of thioether (sulfide) groups is 1. The number of nitrogens with zero attached hydrogens (tertiary/aromatic N) is 2. The summed E-state index contributed by atoms with van der Waals surface area (Å²) < 4.78 is 6.85. The van der Waals surface area contributed by atoms with E-state index in [0.29, 0.717) is 18.1 Å². The molecule has 1 amide bonds. The number of hydrogen-bond acceptors (Lipinski definition) is 5. The highest BCUT2D eigenvalue weighted by Crippen LogP contribution is 2.33. The predicted octanol–water partition coefficient (Wildman–Crippen LogP) is 2.90. The summed E-state index contributed by atoms with van der Waals surface area (Å²) in [6.45, 7) is 2.87. The third kappa shape index (κ3) is 3.60. The summed E-state index contributed by atoms with van der Waals surface area (Å²) in [6, 6.07) is 3.71. The first-order valence-electron chi connectivity index (χ1n) is 6.58. The molecule has 116 valence electrons. The quantitative estimate of drug-likeness (QED) is 0.437. The summed E-state index contributed by atoms with van der Waals surface area (Å²) in [6.07, 6.45) is 1.83. The third-order valence-corrected chi connectivity index (χ3v) is 5.92. The Morgan fingerprint density at radius 2 is 1.91 bits per heavy atom. The zero-order valence-electron chi connectivity index (χ0n) is 11.4. The van der Waals surface area contributed by atoms with Gasteiger partial charge < -0.3 is 14.7 Å². The topological polar surface area (TPSA) is 62.1 Å². The van der Waals surface area contributed by atoms with Gasteiger partial charge in [-0.25, -0.2) is 0 Å². The number of amidine groups is 1. The van der Waals surface area contributed by atoms with Gasteiger partial charge >= 0.3 is 0 Å². The lowest BCUT2D eigenvalue weighted by atomic mass is 10.2. The Bertz CT molecular complexity index is 662. The molecule has 2 aliphatic rings. The van der Waals surface area contributed by atoms with E-state index >= 15 is 0 Å². The fraction of sp³-hybridized carbons (Fsp3) is 0.286. The molecule has 1 aromatic rings. The lowest BCUT2D eigenvalue weighted by molar-refractivity contribution is -0.113. The molecule has 5 nitrogen and oxygen atoms in total. The summed E-state index contributed by atoms with van der Waals surface area (Å²) in [5.74, 6) is 0.0728. The van der Waals surface area contributed by atoms with Crippen molar-refractivity contribution < 1.29 is 14.6 Å². The van der Waals surface area contributed by atoms with E-state index in [-0.39, 0.29) is 11.7 Å². The van der Waals surface area contributed by atoms with Crippen LogP contribution in [-0.2, 0) is 9.53 Å². The van der Waals surface area contributed by atoms with E-state index in [4.69, 9.17) is 4.74 Å². The lowest BCUT2D eigenvalue weighted by Crippen LogP contribution is -2.38. The second kappa shape index (κ2) is 7.05. The minimum atomic E-state index is -0.204. The van der Waals surface area contributed by atoms with Crippen molar-refractivity contribution in [2.75, 3.05) is 26.3 Å². The van der Waals surface area contributed by atoms with Crippen molar-refractivity contribution in [1.29, 1.82) is 0 Å². The van der Waals surface area contributed by atoms with Crippen LogP contribution >= 0.6 is 56.9 Å². The van der Waals surface area contributed by atoms with Crippen molar-refractivity contribution in [2.45, 2.75) is 0 Å².